The zero-order valence-corrected chi connectivity index (χ0v) is 9.13. The zero-order chi connectivity index (χ0) is 11.0. The fraction of sp³-hybridized carbons (Fsp3) is 0.357. The van der Waals surface area contributed by atoms with Crippen molar-refractivity contribution in [2.45, 2.75) is 31.3 Å². The molecule has 0 aliphatic heterocycles. The third-order valence-corrected chi connectivity index (χ3v) is 3.58. The normalized spacial score (nSPS) is 25.1. The van der Waals surface area contributed by atoms with Gasteiger partial charge in [-0.05, 0) is 23.8 Å². The number of rotatable bonds is 1. The number of fused-ring (bicyclic) bond motifs is 1. The third kappa shape index (κ3) is 1.50. The summed E-state index contributed by atoms with van der Waals surface area (Å²) >= 11 is 0. The molecule has 1 aromatic heterocycles. The van der Waals surface area contributed by atoms with Crippen molar-refractivity contribution in [1.82, 2.24) is 4.98 Å². The number of aromatic nitrogens is 1. The van der Waals surface area contributed by atoms with E-state index < -0.39 is 0 Å². The van der Waals surface area contributed by atoms with Crippen molar-refractivity contribution in [3.05, 3.63) is 42.2 Å². The van der Waals surface area contributed by atoms with Gasteiger partial charge in [-0.25, -0.2) is 0 Å². The van der Waals surface area contributed by atoms with Crippen LogP contribution in [0.1, 0.15) is 30.7 Å². The van der Waals surface area contributed by atoms with E-state index >= 15 is 0 Å². The van der Waals surface area contributed by atoms with E-state index in [1.807, 2.05) is 24.5 Å². The Morgan fingerprint density at radius 3 is 2.81 bits per heavy atom. The number of hydrogen-bond acceptors (Lipinski definition) is 2. The van der Waals surface area contributed by atoms with Gasteiger partial charge in [-0.2, -0.15) is 0 Å². The van der Waals surface area contributed by atoms with Gasteiger partial charge in [0.2, 0.25) is 0 Å². The van der Waals surface area contributed by atoms with Crippen LogP contribution in [-0.4, -0.2) is 16.2 Å². The summed E-state index contributed by atoms with van der Waals surface area (Å²) in [5.41, 5.74) is 1.21. The van der Waals surface area contributed by atoms with Gasteiger partial charge in [-0.15, -0.1) is 0 Å². The summed E-state index contributed by atoms with van der Waals surface area (Å²) in [6.45, 7) is 0. The summed E-state index contributed by atoms with van der Waals surface area (Å²) in [6, 6.07) is 8.27. The lowest BCUT2D eigenvalue weighted by atomic mass is 9.93. The van der Waals surface area contributed by atoms with Gasteiger partial charge in [0.1, 0.15) is 0 Å². The predicted molar refractivity (Wildman–Crippen MR) is 64.3 cm³/mol. The van der Waals surface area contributed by atoms with E-state index in [-0.39, 0.29) is 12.0 Å². The molecule has 0 amide bonds. The molecular weight excluding hydrogens is 198 g/mol. The maximum atomic E-state index is 9.97. The molecule has 0 saturated heterocycles. The first-order valence-electron chi connectivity index (χ1n) is 5.87. The second-order valence-electron chi connectivity index (χ2n) is 4.55. The van der Waals surface area contributed by atoms with Gasteiger partial charge in [0.05, 0.1) is 6.10 Å². The van der Waals surface area contributed by atoms with E-state index in [1.54, 1.807) is 0 Å². The molecule has 2 unspecified atom stereocenters. The topological polar surface area (TPSA) is 33.1 Å². The smallest absolute Gasteiger partial charge is 0.0609 e. The van der Waals surface area contributed by atoms with Crippen LogP contribution in [0.2, 0.25) is 0 Å². The van der Waals surface area contributed by atoms with E-state index in [4.69, 9.17) is 0 Å². The lowest BCUT2D eigenvalue weighted by Gasteiger charge is -2.16. The fourth-order valence-corrected chi connectivity index (χ4v) is 2.74. The Balaban J connectivity index is 2.16. The first-order valence-corrected chi connectivity index (χ1v) is 5.87. The average Bonchev–Trinajstić information content (AvgIpc) is 2.75. The summed E-state index contributed by atoms with van der Waals surface area (Å²) in [5, 5.41) is 12.4. The largest absolute Gasteiger partial charge is 0.392 e. The van der Waals surface area contributed by atoms with Crippen LogP contribution in [0.3, 0.4) is 0 Å². The standard InChI is InChI=1S/C14H15NO/c16-14-7-3-6-12(14)13-9-15-8-10-4-1-2-5-11(10)13/h1-2,4-5,8-9,12,14,16H,3,6-7H2. The average molecular weight is 213 g/mol. The highest BCUT2D eigenvalue weighted by Crippen LogP contribution is 2.37. The van der Waals surface area contributed by atoms with Gasteiger partial charge < -0.3 is 5.11 Å². The van der Waals surface area contributed by atoms with Crippen LogP contribution in [0.15, 0.2) is 36.7 Å². The molecule has 1 heterocycles. The molecule has 2 aromatic rings. The fourth-order valence-electron chi connectivity index (χ4n) is 2.74. The zero-order valence-electron chi connectivity index (χ0n) is 9.13. The summed E-state index contributed by atoms with van der Waals surface area (Å²) in [5.74, 6) is 0.276. The molecule has 0 bridgehead atoms. The van der Waals surface area contributed by atoms with Crippen molar-refractivity contribution >= 4 is 10.8 Å². The Labute approximate surface area is 94.9 Å². The van der Waals surface area contributed by atoms with Crippen LogP contribution in [0.5, 0.6) is 0 Å². The maximum absolute atomic E-state index is 9.97. The number of aliphatic hydroxyl groups excluding tert-OH is 1. The summed E-state index contributed by atoms with van der Waals surface area (Å²) in [7, 11) is 0. The molecule has 2 nitrogen and oxygen atoms in total. The Morgan fingerprint density at radius 1 is 1.12 bits per heavy atom. The number of benzene rings is 1. The summed E-state index contributed by atoms with van der Waals surface area (Å²) in [4.78, 5) is 4.28. The van der Waals surface area contributed by atoms with E-state index in [0.717, 1.165) is 19.3 Å². The molecule has 3 rings (SSSR count). The Hall–Kier alpha value is -1.41. The minimum atomic E-state index is -0.187. The van der Waals surface area contributed by atoms with Crippen molar-refractivity contribution in [1.29, 1.82) is 0 Å². The SMILES string of the molecule is OC1CCCC1c1cncc2ccccc12. The van der Waals surface area contributed by atoms with Crippen LogP contribution < -0.4 is 0 Å². The summed E-state index contributed by atoms with van der Waals surface area (Å²) < 4.78 is 0. The van der Waals surface area contributed by atoms with Crippen molar-refractivity contribution in [2.24, 2.45) is 0 Å². The summed E-state index contributed by atoms with van der Waals surface area (Å²) in [6.07, 6.45) is 6.74. The highest BCUT2D eigenvalue weighted by molar-refractivity contribution is 5.85. The molecular formula is C14H15NO. The molecule has 1 aliphatic carbocycles. The molecule has 82 valence electrons. The van der Waals surface area contributed by atoms with Gasteiger partial charge in [-0.1, -0.05) is 30.7 Å². The van der Waals surface area contributed by atoms with Gasteiger partial charge >= 0.3 is 0 Å². The lowest BCUT2D eigenvalue weighted by molar-refractivity contribution is 0.164. The van der Waals surface area contributed by atoms with Crippen LogP contribution >= 0.6 is 0 Å². The van der Waals surface area contributed by atoms with E-state index in [9.17, 15) is 5.11 Å². The minimum Gasteiger partial charge on any atom is -0.392 e. The Morgan fingerprint density at radius 2 is 2.00 bits per heavy atom. The van der Waals surface area contributed by atoms with Gasteiger partial charge in [0.25, 0.3) is 0 Å². The van der Waals surface area contributed by atoms with Crippen LogP contribution in [0.25, 0.3) is 10.8 Å². The molecule has 2 heteroatoms. The maximum Gasteiger partial charge on any atom is 0.0609 e. The molecule has 1 aromatic carbocycles. The molecule has 0 spiro atoms. The van der Waals surface area contributed by atoms with Gasteiger partial charge in [0.15, 0.2) is 0 Å². The number of aliphatic hydroxyl groups is 1. The first kappa shape index (κ1) is 9.79. The first-order chi connectivity index (χ1) is 7.86. The molecule has 1 N–H and O–H groups in total. The minimum absolute atomic E-state index is 0.187. The second-order valence-corrected chi connectivity index (χ2v) is 4.55. The van der Waals surface area contributed by atoms with E-state index in [1.165, 1.54) is 16.3 Å². The lowest BCUT2D eigenvalue weighted by Crippen LogP contribution is -2.11. The van der Waals surface area contributed by atoms with E-state index in [0.29, 0.717) is 0 Å². The van der Waals surface area contributed by atoms with Crippen molar-refractivity contribution in [3.63, 3.8) is 0 Å². The van der Waals surface area contributed by atoms with Crippen molar-refractivity contribution in [3.8, 4) is 0 Å². The van der Waals surface area contributed by atoms with E-state index in [2.05, 4.69) is 17.1 Å². The highest BCUT2D eigenvalue weighted by Gasteiger charge is 2.27. The van der Waals surface area contributed by atoms with Gasteiger partial charge in [-0.3, -0.25) is 4.98 Å². The van der Waals surface area contributed by atoms with Gasteiger partial charge in [0, 0.05) is 23.7 Å². The Kier molecular flexibility index (Phi) is 2.37. The number of pyridine rings is 1. The Bertz CT molecular complexity index is 504. The highest BCUT2D eigenvalue weighted by atomic mass is 16.3. The molecule has 2 atom stereocenters. The van der Waals surface area contributed by atoms with Crippen LogP contribution in [0.4, 0.5) is 0 Å². The molecule has 16 heavy (non-hydrogen) atoms. The molecule has 1 saturated carbocycles. The quantitative estimate of drug-likeness (QED) is 0.790. The molecule has 1 fully saturated rings. The van der Waals surface area contributed by atoms with Crippen molar-refractivity contribution in [2.75, 3.05) is 0 Å². The number of hydrogen-bond donors (Lipinski definition) is 1. The molecule has 0 radical (unpaired) electrons. The monoisotopic (exact) mass is 213 g/mol. The third-order valence-electron chi connectivity index (χ3n) is 3.58. The van der Waals surface area contributed by atoms with Crippen LogP contribution in [-0.2, 0) is 0 Å². The second kappa shape index (κ2) is 3.87. The number of nitrogens with zero attached hydrogens (tertiary/aromatic N) is 1. The molecule has 1 aliphatic rings. The van der Waals surface area contributed by atoms with Crippen LogP contribution in [0, 0.1) is 0 Å². The van der Waals surface area contributed by atoms with Crippen molar-refractivity contribution < 1.29 is 5.11 Å². The predicted octanol–water partition coefficient (Wildman–Crippen LogP) is 2.86.